The van der Waals surface area contributed by atoms with Gasteiger partial charge in [0.2, 0.25) is 0 Å². The van der Waals surface area contributed by atoms with Gasteiger partial charge in [0.15, 0.2) is 8.32 Å². The van der Waals surface area contributed by atoms with Crippen molar-refractivity contribution in [3.63, 3.8) is 0 Å². The highest BCUT2D eigenvalue weighted by atomic mass is 28.4. The highest BCUT2D eigenvalue weighted by Gasteiger charge is 2.61. The number of allylic oxidation sites excluding steroid dienone is 1. The van der Waals surface area contributed by atoms with Gasteiger partial charge in [-0.3, -0.25) is 4.79 Å². The van der Waals surface area contributed by atoms with E-state index >= 15 is 0 Å². The van der Waals surface area contributed by atoms with Crippen molar-refractivity contribution in [1.29, 1.82) is 0 Å². The van der Waals surface area contributed by atoms with E-state index in [9.17, 15) is 4.79 Å². The molecule has 0 aliphatic heterocycles. The second-order valence-electron chi connectivity index (χ2n) is 15.3. The lowest BCUT2D eigenvalue weighted by molar-refractivity contribution is -0.146. The molecule has 0 aromatic carbocycles. The fourth-order valence-corrected chi connectivity index (χ4v) is 10.6. The average molecular weight is 531 g/mol. The second kappa shape index (κ2) is 10.8. The van der Waals surface area contributed by atoms with Crippen molar-refractivity contribution >= 4 is 14.3 Å². The van der Waals surface area contributed by atoms with E-state index in [0.29, 0.717) is 30.5 Å². The van der Waals surface area contributed by atoms with Gasteiger partial charge < -0.3 is 9.16 Å². The van der Waals surface area contributed by atoms with E-state index in [1.807, 2.05) is 6.92 Å². The van der Waals surface area contributed by atoms with E-state index < -0.39 is 8.32 Å². The molecule has 0 spiro atoms. The zero-order valence-corrected chi connectivity index (χ0v) is 26.8. The van der Waals surface area contributed by atoms with Crippen molar-refractivity contribution < 1.29 is 14.0 Å². The summed E-state index contributed by atoms with van der Waals surface area (Å²) in [7, 11) is -1.75. The van der Waals surface area contributed by atoms with Crippen molar-refractivity contribution in [3.8, 4) is 0 Å². The Bertz CT molecular complexity index is 856. The van der Waals surface area contributed by atoms with Gasteiger partial charge in [-0.25, -0.2) is 0 Å². The number of esters is 1. The highest BCUT2D eigenvalue weighted by molar-refractivity contribution is 6.74. The quantitative estimate of drug-likeness (QED) is 0.178. The summed E-state index contributed by atoms with van der Waals surface area (Å²) >= 11 is 0. The Kier molecular flexibility index (Phi) is 8.53. The van der Waals surface area contributed by atoms with Crippen LogP contribution in [0, 0.1) is 40.4 Å². The number of ether oxygens (including phenoxy) is 1. The Morgan fingerprint density at radius 3 is 2.51 bits per heavy atom. The molecule has 0 amide bonds. The zero-order valence-electron chi connectivity index (χ0n) is 25.8. The predicted octanol–water partition coefficient (Wildman–Crippen LogP) is 9.33. The van der Waals surface area contributed by atoms with Crippen molar-refractivity contribution in [1.82, 2.24) is 0 Å². The lowest BCUT2D eigenvalue weighted by Crippen LogP contribution is -2.52. The first-order chi connectivity index (χ1) is 17.3. The summed E-state index contributed by atoms with van der Waals surface area (Å²) in [6.07, 6.45) is 16.4. The lowest BCUT2D eigenvalue weighted by atomic mass is 9.46. The van der Waals surface area contributed by atoms with Crippen LogP contribution in [0.3, 0.4) is 0 Å². The number of fused-ring (bicyclic) bond motifs is 5. The van der Waals surface area contributed by atoms with Gasteiger partial charge in [-0.1, -0.05) is 72.5 Å². The number of hydrogen-bond acceptors (Lipinski definition) is 3. The first kappa shape index (κ1) is 29.4. The van der Waals surface area contributed by atoms with Crippen LogP contribution in [0.1, 0.15) is 119 Å². The van der Waals surface area contributed by atoms with Gasteiger partial charge in [0.1, 0.15) is 0 Å². The van der Waals surface area contributed by atoms with E-state index in [2.05, 4.69) is 60.7 Å². The van der Waals surface area contributed by atoms with Gasteiger partial charge in [0.25, 0.3) is 0 Å². The maximum Gasteiger partial charge on any atom is 0.306 e. The van der Waals surface area contributed by atoms with Crippen molar-refractivity contribution in [2.24, 2.45) is 40.4 Å². The molecule has 3 saturated carbocycles. The molecule has 0 heterocycles. The van der Waals surface area contributed by atoms with Crippen LogP contribution in [0.4, 0.5) is 0 Å². The number of carbonyl (C=O) groups excluding carboxylic acids is 1. The van der Waals surface area contributed by atoms with E-state index in [-0.39, 0.29) is 16.4 Å². The van der Waals surface area contributed by atoms with E-state index in [4.69, 9.17) is 9.16 Å². The van der Waals surface area contributed by atoms with Gasteiger partial charge in [0, 0.05) is 12.5 Å². The molecule has 4 rings (SSSR count). The molecule has 3 nitrogen and oxygen atoms in total. The Morgan fingerprint density at radius 2 is 1.86 bits per heavy atom. The van der Waals surface area contributed by atoms with E-state index in [1.165, 1.54) is 57.8 Å². The first-order valence-corrected chi connectivity index (χ1v) is 18.7. The molecule has 0 radical (unpaired) electrons. The molecule has 37 heavy (non-hydrogen) atoms. The van der Waals surface area contributed by atoms with Crippen LogP contribution in [-0.2, 0) is 14.0 Å². The van der Waals surface area contributed by atoms with Crippen LogP contribution in [0.5, 0.6) is 0 Å². The zero-order chi connectivity index (χ0) is 27.2. The first-order valence-electron chi connectivity index (χ1n) is 15.8. The largest absolute Gasteiger partial charge is 0.466 e. The van der Waals surface area contributed by atoms with Crippen LogP contribution in [0.2, 0.25) is 18.1 Å². The van der Waals surface area contributed by atoms with Gasteiger partial charge in [0.05, 0.1) is 6.61 Å². The molecule has 2 unspecified atom stereocenters. The maximum atomic E-state index is 12.6. The maximum absolute atomic E-state index is 12.6. The van der Waals surface area contributed by atoms with E-state index in [0.717, 1.165) is 30.1 Å². The van der Waals surface area contributed by atoms with Crippen molar-refractivity contribution in [2.75, 3.05) is 6.61 Å². The molecule has 8 atom stereocenters. The minimum absolute atomic E-state index is 0.0311. The standard InChI is InChI=1S/C33H58O3Si/c1-10-12-13-23-20-25(22-29(34)35-11-2)33(7)19-17-28-27(30(23)33)15-14-24-21-26(16-18-32(24,28)6)36-37(8,9)31(3,4)5/h14,23,25-28,30H,10-13,15-22H2,1-9H3/t23?,25-,26?,27-,28+,30+,32+,33-/m1/s1. The molecule has 3 fully saturated rings. The molecule has 4 aliphatic rings. The monoisotopic (exact) mass is 530 g/mol. The van der Waals surface area contributed by atoms with Gasteiger partial charge in [-0.15, -0.1) is 0 Å². The van der Waals surface area contributed by atoms with Crippen LogP contribution in [0.15, 0.2) is 11.6 Å². The van der Waals surface area contributed by atoms with Crippen LogP contribution in [0.25, 0.3) is 0 Å². The van der Waals surface area contributed by atoms with Gasteiger partial charge in [-0.05, 0) is 110 Å². The SMILES string of the molecule is CCCCC1C[C@H](CC(=O)OCC)[C@@]2(C)CC[C@H]3[C@@H](CC=C4CC(O[Si](C)(C)C(C)(C)C)CC[C@@]43C)[C@H]12. The molecular formula is C33H58O3Si. The average Bonchev–Trinajstić information content (AvgIpc) is 3.08. The van der Waals surface area contributed by atoms with Crippen LogP contribution >= 0.6 is 0 Å². The summed E-state index contributed by atoms with van der Waals surface area (Å²) in [5, 5.41) is 0.268. The Labute approximate surface area is 230 Å². The third-order valence-electron chi connectivity index (χ3n) is 12.3. The molecule has 0 bridgehead atoms. The third kappa shape index (κ3) is 5.41. The fourth-order valence-electron chi connectivity index (χ4n) is 9.25. The molecule has 0 N–H and O–H groups in total. The van der Waals surface area contributed by atoms with Crippen LogP contribution < -0.4 is 0 Å². The molecule has 0 saturated heterocycles. The molecule has 4 aliphatic carbocycles. The Morgan fingerprint density at radius 1 is 1.14 bits per heavy atom. The summed E-state index contributed by atoms with van der Waals surface area (Å²) in [5.74, 6) is 3.63. The van der Waals surface area contributed by atoms with Gasteiger partial charge in [-0.2, -0.15) is 0 Å². The number of hydrogen-bond donors (Lipinski definition) is 0. The number of unbranched alkanes of at least 4 members (excludes halogenated alkanes) is 1. The third-order valence-corrected chi connectivity index (χ3v) is 16.8. The summed E-state index contributed by atoms with van der Waals surface area (Å²) in [6.45, 7) is 21.9. The summed E-state index contributed by atoms with van der Waals surface area (Å²) in [4.78, 5) is 12.6. The van der Waals surface area contributed by atoms with E-state index in [1.54, 1.807) is 5.57 Å². The highest BCUT2D eigenvalue weighted by Crippen LogP contribution is 2.68. The van der Waals surface area contributed by atoms with Crippen LogP contribution in [-0.4, -0.2) is 27.0 Å². The molecule has 212 valence electrons. The lowest BCUT2D eigenvalue weighted by Gasteiger charge is -2.59. The number of rotatable bonds is 8. The topological polar surface area (TPSA) is 35.5 Å². The molecule has 0 aromatic heterocycles. The van der Waals surface area contributed by atoms with Crippen molar-refractivity contribution in [3.05, 3.63) is 11.6 Å². The molecular weight excluding hydrogens is 472 g/mol. The molecule has 0 aromatic rings. The fraction of sp³-hybridized carbons (Fsp3) is 0.909. The Hall–Kier alpha value is -0.613. The smallest absolute Gasteiger partial charge is 0.306 e. The summed E-state index contributed by atoms with van der Waals surface area (Å²) < 4.78 is 12.4. The number of carbonyl (C=O) groups is 1. The summed E-state index contributed by atoms with van der Waals surface area (Å²) in [6, 6.07) is 0. The second-order valence-corrected chi connectivity index (χ2v) is 20.1. The summed E-state index contributed by atoms with van der Waals surface area (Å²) in [5.41, 5.74) is 2.35. The normalized spacial score (nSPS) is 39.9. The van der Waals surface area contributed by atoms with Crippen molar-refractivity contribution in [2.45, 2.75) is 143 Å². The van der Waals surface area contributed by atoms with Gasteiger partial charge >= 0.3 is 5.97 Å². The Balaban J connectivity index is 1.56. The minimum atomic E-state index is -1.75. The predicted molar refractivity (Wildman–Crippen MR) is 157 cm³/mol. The minimum Gasteiger partial charge on any atom is -0.466 e. The molecule has 4 heteroatoms.